The highest BCUT2D eigenvalue weighted by atomic mass is 19.1. The summed E-state index contributed by atoms with van der Waals surface area (Å²) < 4.78 is 15.2. The number of carbonyl (C=O) groups excluding carboxylic acids is 1. The van der Waals surface area contributed by atoms with Crippen LogP contribution in [0.1, 0.15) is 13.8 Å². The predicted molar refractivity (Wildman–Crippen MR) is 64.8 cm³/mol. The molecule has 94 valence electrons. The number of aromatic nitrogens is 3. The van der Waals surface area contributed by atoms with Crippen LogP contribution in [0.2, 0.25) is 0 Å². The fourth-order valence-corrected chi connectivity index (χ4v) is 1.38. The molecule has 0 radical (unpaired) electrons. The van der Waals surface area contributed by atoms with Gasteiger partial charge in [0.05, 0.1) is 11.4 Å². The third-order valence-electron chi connectivity index (χ3n) is 2.45. The van der Waals surface area contributed by atoms with Gasteiger partial charge in [-0.25, -0.2) is 4.39 Å². The predicted octanol–water partition coefficient (Wildman–Crippen LogP) is 2.00. The molecule has 0 aliphatic heterocycles. The molecule has 0 atom stereocenters. The fourth-order valence-electron chi connectivity index (χ4n) is 1.38. The van der Waals surface area contributed by atoms with Crippen molar-refractivity contribution in [3.05, 3.63) is 36.7 Å². The van der Waals surface area contributed by atoms with Crippen molar-refractivity contribution in [1.82, 2.24) is 14.8 Å². The number of amides is 1. The Balaban J connectivity index is 2.30. The van der Waals surface area contributed by atoms with Gasteiger partial charge >= 0.3 is 0 Å². The molecule has 0 saturated carbocycles. The first-order valence-electron chi connectivity index (χ1n) is 5.53. The highest BCUT2D eigenvalue weighted by Gasteiger charge is 2.11. The quantitative estimate of drug-likeness (QED) is 0.903. The van der Waals surface area contributed by atoms with Gasteiger partial charge in [-0.3, -0.25) is 9.36 Å². The second kappa shape index (κ2) is 4.95. The molecule has 2 rings (SSSR count). The summed E-state index contributed by atoms with van der Waals surface area (Å²) in [4.78, 5) is 11.6. The summed E-state index contributed by atoms with van der Waals surface area (Å²) >= 11 is 0. The van der Waals surface area contributed by atoms with Gasteiger partial charge in [-0.15, -0.1) is 10.2 Å². The van der Waals surface area contributed by atoms with Gasteiger partial charge in [0.15, 0.2) is 0 Å². The normalized spacial score (nSPS) is 10.7. The van der Waals surface area contributed by atoms with Crippen molar-refractivity contribution in [3.8, 4) is 5.69 Å². The van der Waals surface area contributed by atoms with E-state index in [1.807, 2.05) is 0 Å². The van der Waals surface area contributed by atoms with E-state index in [2.05, 4.69) is 15.5 Å². The summed E-state index contributed by atoms with van der Waals surface area (Å²) in [6.07, 6.45) is 3.00. The second-order valence-electron chi connectivity index (χ2n) is 4.18. The molecule has 0 aliphatic rings. The third kappa shape index (κ3) is 2.53. The SMILES string of the molecule is CC(C)C(=O)Nc1cc(-n2cnnc2)ccc1F. The maximum Gasteiger partial charge on any atom is 0.227 e. The van der Waals surface area contributed by atoms with Crippen LogP contribution in [-0.4, -0.2) is 20.7 Å². The van der Waals surface area contributed by atoms with E-state index in [1.165, 1.54) is 18.7 Å². The van der Waals surface area contributed by atoms with Gasteiger partial charge in [-0.1, -0.05) is 13.8 Å². The summed E-state index contributed by atoms with van der Waals surface area (Å²) in [6.45, 7) is 3.49. The average Bonchev–Trinajstić information content (AvgIpc) is 2.85. The smallest absolute Gasteiger partial charge is 0.227 e. The maximum absolute atomic E-state index is 13.6. The standard InChI is InChI=1S/C12H13FN4O/c1-8(2)12(18)16-11-5-9(3-4-10(11)13)17-6-14-15-7-17/h3-8H,1-2H3,(H,16,18). The van der Waals surface area contributed by atoms with E-state index in [-0.39, 0.29) is 17.5 Å². The van der Waals surface area contributed by atoms with Crippen molar-refractivity contribution < 1.29 is 9.18 Å². The van der Waals surface area contributed by atoms with Crippen molar-refractivity contribution in [1.29, 1.82) is 0 Å². The van der Waals surface area contributed by atoms with Gasteiger partial charge in [0.25, 0.3) is 0 Å². The van der Waals surface area contributed by atoms with Crippen molar-refractivity contribution in [2.75, 3.05) is 5.32 Å². The minimum atomic E-state index is -0.471. The molecule has 0 spiro atoms. The van der Waals surface area contributed by atoms with E-state index in [0.717, 1.165) is 0 Å². The molecule has 1 amide bonds. The van der Waals surface area contributed by atoms with Crippen LogP contribution in [0.25, 0.3) is 5.69 Å². The maximum atomic E-state index is 13.6. The van der Waals surface area contributed by atoms with E-state index in [4.69, 9.17) is 0 Å². The summed E-state index contributed by atoms with van der Waals surface area (Å²) in [5, 5.41) is 9.89. The molecule has 18 heavy (non-hydrogen) atoms. The molecule has 0 aliphatic carbocycles. The number of nitrogens with one attached hydrogen (secondary N) is 1. The minimum Gasteiger partial charge on any atom is -0.323 e. The van der Waals surface area contributed by atoms with Crippen LogP contribution in [-0.2, 0) is 4.79 Å². The van der Waals surface area contributed by atoms with E-state index >= 15 is 0 Å². The van der Waals surface area contributed by atoms with Crippen LogP contribution < -0.4 is 5.32 Å². The molecule has 1 aromatic carbocycles. The summed E-state index contributed by atoms with van der Waals surface area (Å²) in [5.74, 6) is -0.904. The van der Waals surface area contributed by atoms with Gasteiger partial charge in [0.2, 0.25) is 5.91 Å². The van der Waals surface area contributed by atoms with E-state index in [9.17, 15) is 9.18 Å². The minimum absolute atomic E-state index is 0.153. The molecule has 1 N–H and O–H groups in total. The van der Waals surface area contributed by atoms with Crippen molar-refractivity contribution in [3.63, 3.8) is 0 Å². The number of rotatable bonds is 3. The zero-order valence-electron chi connectivity index (χ0n) is 10.1. The fraction of sp³-hybridized carbons (Fsp3) is 0.250. The number of hydrogen-bond donors (Lipinski definition) is 1. The van der Waals surface area contributed by atoms with Gasteiger partial charge in [-0.2, -0.15) is 0 Å². The summed E-state index contributed by atoms with van der Waals surface area (Å²) in [7, 11) is 0. The summed E-state index contributed by atoms with van der Waals surface area (Å²) in [6, 6.07) is 4.42. The third-order valence-corrected chi connectivity index (χ3v) is 2.45. The highest BCUT2D eigenvalue weighted by Crippen LogP contribution is 2.19. The molecule has 1 heterocycles. The van der Waals surface area contributed by atoms with E-state index in [0.29, 0.717) is 5.69 Å². The second-order valence-corrected chi connectivity index (χ2v) is 4.18. The first-order chi connectivity index (χ1) is 8.58. The molecule has 6 heteroatoms. The van der Waals surface area contributed by atoms with Crippen LogP contribution in [0.4, 0.5) is 10.1 Å². The Morgan fingerprint density at radius 1 is 1.33 bits per heavy atom. The monoisotopic (exact) mass is 248 g/mol. The Morgan fingerprint density at radius 2 is 2.00 bits per heavy atom. The van der Waals surface area contributed by atoms with Crippen molar-refractivity contribution in [2.24, 2.45) is 5.92 Å². The molecule has 0 unspecified atom stereocenters. The molecule has 0 bridgehead atoms. The number of halogens is 1. The Bertz CT molecular complexity index is 551. The lowest BCUT2D eigenvalue weighted by Gasteiger charge is -2.10. The average molecular weight is 248 g/mol. The largest absolute Gasteiger partial charge is 0.323 e. The van der Waals surface area contributed by atoms with Crippen LogP contribution in [0.15, 0.2) is 30.9 Å². The number of anilines is 1. The Morgan fingerprint density at radius 3 is 2.61 bits per heavy atom. The van der Waals surface area contributed by atoms with Crippen LogP contribution in [0.5, 0.6) is 0 Å². The first kappa shape index (κ1) is 12.2. The highest BCUT2D eigenvalue weighted by molar-refractivity contribution is 5.92. The van der Waals surface area contributed by atoms with Crippen LogP contribution >= 0.6 is 0 Å². The number of hydrogen-bond acceptors (Lipinski definition) is 3. The zero-order valence-corrected chi connectivity index (χ0v) is 10.1. The van der Waals surface area contributed by atoms with E-state index in [1.54, 1.807) is 30.5 Å². The summed E-state index contributed by atoms with van der Waals surface area (Å²) in [5.41, 5.74) is 0.834. The van der Waals surface area contributed by atoms with Gasteiger partial charge in [0.1, 0.15) is 18.5 Å². The molecule has 1 aromatic heterocycles. The van der Waals surface area contributed by atoms with Crippen LogP contribution in [0.3, 0.4) is 0 Å². The Labute approximate surface area is 104 Å². The molecule has 0 fully saturated rings. The molecular formula is C12H13FN4O. The number of carbonyl (C=O) groups is 1. The van der Waals surface area contributed by atoms with E-state index < -0.39 is 5.82 Å². The Hall–Kier alpha value is -2.24. The topological polar surface area (TPSA) is 59.8 Å². The van der Waals surface area contributed by atoms with Gasteiger partial charge < -0.3 is 5.32 Å². The lowest BCUT2D eigenvalue weighted by molar-refractivity contribution is -0.118. The number of benzene rings is 1. The van der Waals surface area contributed by atoms with Crippen molar-refractivity contribution >= 4 is 11.6 Å². The number of nitrogens with zero attached hydrogens (tertiary/aromatic N) is 3. The Kier molecular flexibility index (Phi) is 3.36. The lowest BCUT2D eigenvalue weighted by Crippen LogP contribution is -2.18. The first-order valence-corrected chi connectivity index (χ1v) is 5.53. The molecule has 5 nitrogen and oxygen atoms in total. The zero-order chi connectivity index (χ0) is 13.1. The lowest BCUT2D eigenvalue weighted by atomic mass is 10.2. The van der Waals surface area contributed by atoms with Gasteiger partial charge in [0, 0.05) is 5.92 Å². The molecule has 2 aromatic rings. The van der Waals surface area contributed by atoms with Crippen molar-refractivity contribution in [2.45, 2.75) is 13.8 Å². The molecule has 0 saturated heterocycles. The molecular weight excluding hydrogens is 235 g/mol. The van der Waals surface area contributed by atoms with Gasteiger partial charge in [-0.05, 0) is 18.2 Å². The van der Waals surface area contributed by atoms with Crippen LogP contribution in [0, 0.1) is 11.7 Å².